The molecule has 0 unspecified atom stereocenters. The molecule has 0 radical (unpaired) electrons. The van der Waals surface area contributed by atoms with Gasteiger partial charge in [0, 0.05) is 35.0 Å². The van der Waals surface area contributed by atoms with Gasteiger partial charge in [-0.15, -0.1) is 0 Å². The molecule has 0 aliphatic rings. The molecule has 1 aromatic heterocycles. The SMILES string of the molecule is CCn1cc(-c2ccc(-c3cccc(F)c3)c(OC(F)F)c2-c2c(C(F)(F)F)cccc2S(N)(=O)=O)cn1. The van der Waals surface area contributed by atoms with Crippen LogP contribution in [0.3, 0.4) is 0 Å². The quantitative estimate of drug-likeness (QED) is 0.271. The largest absolute Gasteiger partial charge is 0.433 e. The van der Waals surface area contributed by atoms with Gasteiger partial charge in [-0.3, -0.25) is 4.68 Å². The van der Waals surface area contributed by atoms with Crippen LogP contribution >= 0.6 is 0 Å². The van der Waals surface area contributed by atoms with Crippen LogP contribution in [0.25, 0.3) is 33.4 Å². The van der Waals surface area contributed by atoms with Gasteiger partial charge in [0.05, 0.1) is 16.7 Å². The van der Waals surface area contributed by atoms with Gasteiger partial charge in [0.1, 0.15) is 11.6 Å². The van der Waals surface area contributed by atoms with Crippen LogP contribution in [-0.4, -0.2) is 24.8 Å². The highest BCUT2D eigenvalue weighted by Crippen LogP contribution is 2.51. The minimum Gasteiger partial charge on any atom is -0.433 e. The van der Waals surface area contributed by atoms with Crippen molar-refractivity contribution in [3.05, 3.63) is 78.4 Å². The molecule has 2 N–H and O–H groups in total. The number of sulfonamides is 1. The maximum atomic E-state index is 14.3. The Balaban J connectivity index is 2.25. The number of benzene rings is 3. The van der Waals surface area contributed by atoms with Crippen LogP contribution in [-0.2, 0) is 22.7 Å². The fraction of sp³-hybridized carbons (Fsp3) is 0.160. The maximum absolute atomic E-state index is 14.3. The fourth-order valence-electron chi connectivity index (χ4n) is 4.10. The Morgan fingerprint density at radius 1 is 1.00 bits per heavy atom. The van der Waals surface area contributed by atoms with Crippen molar-refractivity contribution in [2.75, 3.05) is 0 Å². The van der Waals surface area contributed by atoms with Gasteiger partial charge >= 0.3 is 12.8 Å². The van der Waals surface area contributed by atoms with Gasteiger partial charge in [0.2, 0.25) is 10.0 Å². The average molecular weight is 556 g/mol. The Kier molecular flexibility index (Phi) is 7.26. The van der Waals surface area contributed by atoms with Crippen LogP contribution in [0, 0.1) is 5.82 Å². The summed E-state index contributed by atoms with van der Waals surface area (Å²) in [6.45, 7) is -1.42. The highest BCUT2D eigenvalue weighted by Gasteiger charge is 2.38. The lowest BCUT2D eigenvalue weighted by Gasteiger charge is -2.23. The third-order valence-electron chi connectivity index (χ3n) is 5.66. The number of primary sulfonamides is 1. The molecular weight excluding hydrogens is 536 g/mol. The topological polar surface area (TPSA) is 87.2 Å². The molecule has 0 fully saturated rings. The predicted octanol–water partition coefficient (Wildman–Crippen LogP) is 6.31. The molecule has 200 valence electrons. The molecule has 1 heterocycles. The number of aryl methyl sites for hydroxylation is 1. The number of alkyl halides is 5. The number of nitrogens with zero attached hydrogens (tertiary/aromatic N) is 2. The van der Waals surface area contributed by atoms with Crippen molar-refractivity contribution < 1.29 is 39.5 Å². The monoisotopic (exact) mass is 555 g/mol. The van der Waals surface area contributed by atoms with Crippen LogP contribution in [0.2, 0.25) is 0 Å². The summed E-state index contributed by atoms with van der Waals surface area (Å²) in [7, 11) is -4.82. The Morgan fingerprint density at radius 2 is 1.68 bits per heavy atom. The average Bonchev–Trinajstić information content (AvgIpc) is 3.31. The third kappa shape index (κ3) is 5.38. The van der Waals surface area contributed by atoms with E-state index in [1.165, 1.54) is 41.3 Å². The van der Waals surface area contributed by atoms with E-state index in [4.69, 9.17) is 9.88 Å². The van der Waals surface area contributed by atoms with Crippen molar-refractivity contribution in [3.8, 4) is 39.1 Å². The van der Waals surface area contributed by atoms with Crippen molar-refractivity contribution in [2.45, 2.75) is 31.2 Å². The molecule has 13 heteroatoms. The number of rotatable bonds is 7. The third-order valence-corrected chi connectivity index (χ3v) is 6.61. The number of hydrogen-bond acceptors (Lipinski definition) is 4. The highest BCUT2D eigenvalue weighted by molar-refractivity contribution is 7.89. The van der Waals surface area contributed by atoms with Gasteiger partial charge in [0.15, 0.2) is 0 Å². The van der Waals surface area contributed by atoms with E-state index in [2.05, 4.69) is 5.10 Å². The molecule has 0 spiro atoms. The molecule has 0 atom stereocenters. The standard InChI is InChI=1S/C25H19F6N3O3S/c1-2-34-13-15(12-33-34)17-9-10-18(14-5-3-6-16(26)11-14)23(37-24(27)28)21(17)22-19(25(29,30)31)7-4-8-20(22)38(32,35)36/h3-13,24H,2H2,1H3,(H2,32,35,36). The first-order valence-electron chi connectivity index (χ1n) is 10.9. The summed E-state index contributed by atoms with van der Waals surface area (Å²) in [5.74, 6) is -1.55. The van der Waals surface area contributed by atoms with Crippen LogP contribution in [0.15, 0.2) is 71.9 Å². The number of nitrogens with two attached hydrogens (primary N) is 1. The molecule has 3 aromatic carbocycles. The summed E-state index contributed by atoms with van der Waals surface area (Å²) < 4.78 is 116. The summed E-state index contributed by atoms with van der Waals surface area (Å²) in [5, 5.41) is 9.38. The van der Waals surface area contributed by atoms with Crippen LogP contribution in [0.4, 0.5) is 26.3 Å². The number of hydrogen-bond donors (Lipinski definition) is 1. The van der Waals surface area contributed by atoms with Crippen molar-refractivity contribution in [1.29, 1.82) is 0 Å². The number of halogens is 6. The first-order valence-corrected chi connectivity index (χ1v) is 12.5. The molecule has 0 aliphatic carbocycles. The maximum Gasteiger partial charge on any atom is 0.417 e. The van der Waals surface area contributed by atoms with Gasteiger partial charge in [-0.2, -0.15) is 27.1 Å². The van der Waals surface area contributed by atoms with Gasteiger partial charge in [0.25, 0.3) is 0 Å². The van der Waals surface area contributed by atoms with E-state index in [1.54, 1.807) is 6.92 Å². The molecule has 0 amide bonds. The van der Waals surface area contributed by atoms with Crippen LogP contribution < -0.4 is 9.88 Å². The van der Waals surface area contributed by atoms with Gasteiger partial charge in [-0.05, 0) is 48.4 Å². The molecular formula is C25H19F6N3O3S. The van der Waals surface area contributed by atoms with E-state index in [0.717, 1.165) is 24.3 Å². The molecule has 4 rings (SSSR count). The first-order chi connectivity index (χ1) is 17.8. The normalized spacial score (nSPS) is 12.2. The molecule has 6 nitrogen and oxygen atoms in total. The minimum atomic E-state index is -5.13. The lowest BCUT2D eigenvalue weighted by Crippen LogP contribution is -2.18. The summed E-state index contributed by atoms with van der Waals surface area (Å²) >= 11 is 0. The molecule has 4 aromatic rings. The highest BCUT2D eigenvalue weighted by atomic mass is 32.2. The van der Waals surface area contributed by atoms with Crippen molar-refractivity contribution >= 4 is 10.0 Å². The molecule has 38 heavy (non-hydrogen) atoms. The Bertz CT molecular complexity index is 1600. The summed E-state index contributed by atoms with van der Waals surface area (Å²) in [6.07, 6.45) is -2.40. The fourth-order valence-corrected chi connectivity index (χ4v) is 4.87. The van der Waals surface area contributed by atoms with Crippen LogP contribution in [0.1, 0.15) is 12.5 Å². The second kappa shape index (κ2) is 10.1. The van der Waals surface area contributed by atoms with E-state index in [9.17, 15) is 34.8 Å². The smallest absolute Gasteiger partial charge is 0.417 e. The molecule has 0 bridgehead atoms. The zero-order chi connectivity index (χ0) is 27.8. The second-order valence-electron chi connectivity index (χ2n) is 8.06. The first kappa shape index (κ1) is 27.2. The zero-order valence-electron chi connectivity index (χ0n) is 19.5. The van der Waals surface area contributed by atoms with E-state index in [0.29, 0.717) is 12.6 Å². The Morgan fingerprint density at radius 3 is 2.26 bits per heavy atom. The van der Waals surface area contributed by atoms with E-state index in [1.807, 2.05) is 0 Å². The van der Waals surface area contributed by atoms with E-state index < -0.39 is 56.0 Å². The van der Waals surface area contributed by atoms with Crippen molar-refractivity contribution in [1.82, 2.24) is 9.78 Å². The van der Waals surface area contributed by atoms with E-state index >= 15 is 0 Å². The van der Waals surface area contributed by atoms with Gasteiger partial charge < -0.3 is 4.74 Å². The number of ether oxygens (including phenoxy) is 1. The summed E-state index contributed by atoms with van der Waals surface area (Å²) in [4.78, 5) is -0.966. The van der Waals surface area contributed by atoms with Gasteiger partial charge in [-0.1, -0.05) is 24.3 Å². The molecule has 0 saturated heterocycles. The summed E-state index contributed by atoms with van der Waals surface area (Å²) in [5.41, 5.74) is -3.19. The summed E-state index contributed by atoms with van der Waals surface area (Å²) in [6, 6.07) is 9.51. The zero-order valence-corrected chi connectivity index (χ0v) is 20.3. The van der Waals surface area contributed by atoms with E-state index in [-0.39, 0.29) is 22.3 Å². The van der Waals surface area contributed by atoms with Crippen LogP contribution in [0.5, 0.6) is 5.75 Å². The second-order valence-corrected chi connectivity index (χ2v) is 9.59. The van der Waals surface area contributed by atoms with Crippen molar-refractivity contribution in [2.24, 2.45) is 5.14 Å². The minimum absolute atomic E-state index is 0.000603. The van der Waals surface area contributed by atoms with Crippen molar-refractivity contribution in [3.63, 3.8) is 0 Å². The lowest BCUT2D eigenvalue weighted by atomic mass is 9.88. The molecule has 0 aliphatic heterocycles. The lowest BCUT2D eigenvalue weighted by molar-refractivity contribution is -0.137. The number of aromatic nitrogens is 2. The Hall–Kier alpha value is -3.84. The Labute approximate surface area is 213 Å². The predicted molar refractivity (Wildman–Crippen MR) is 127 cm³/mol. The molecule has 0 saturated carbocycles. The van der Waals surface area contributed by atoms with Gasteiger partial charge in [-0.25, -0.2) is 17.9 Å².